The molecule has 1 rings (SSSR count). The van der Waals surface area contributed by atoms with Gasteiger partial charge in [-0.25, -0.2) is 13.1 Å². The van der Waals surface area contributed by atoms with Crippen molar-refractivity contribution in [2.24, 2.45) is 0 Å². The molecule has 1 N–H and O–H groups in total. The fourth-order valence-corrected chi connectivity index (χ4v) is 3.29. The van der Waals surface area contributed by atoms with Crippen LogP contribution in [0.2, 0.25) is 0 Å². The van der Waals surface area contributed by atoms with Crippen molar-refractivity contribution in [2.45, 2.75) is 32.6 Å². The molecule has 0 aliphatic rings. The first kappa shape index (κ1) is 15.7. The van der Waals surface area contributed by atoms with Crippen LogP contribution in [0.5, 0.6) is 5.75 Å². The Balaban J connectivity index is 3.36. The summed E-state index contributed by atoms with van der Waals surface area (Å²) in [5.41, 5.74) is 2.40. The SMILES string of the molecule is C=CCNS(=O)(=O)c1cc(C)c(OCC)c(C)c1C. The van der Waals surface area contributed by atoms with Gasteiger partial charge < -0.3 is 4.74 Å². The Labute approximate surface area is 115 Å². The van der Waals surface area contributed by atoms with Crippen molar-refractivity contribution in [1.29, 1.82) is 0 Å². The number of rotatable bonds is 6. The van der Waals surface area contributed by atoms with Gasteiger partial charge in [-0.05, 0) is 50.5 Å². The van der Waals surface area contributed by atoms with Crippen LogP contribution >= 0.6 is 0 Å². The van der Waals surface area contributed by atoms with Crippen LogP contribution in [-0.2, 0) is 10.0 Å². The summed E-state index contributed by atoms with van der Waals surface area (Å²) in [4.78, 5) is 0.299. The Kier molecular flexibility index (Phi) is 5.14. The minimum absolute atomic E-state index is 0.215. The average molecular weight is 283 g/mol. The zero-order chi connectivity index (χ0) is 14.6. The first-order chi connectivity index (χ1) is 8.85. The number of hydrogen-bond donors (Lipinski definition) is 1. The average Bonchev–Trinajstić information content (AvgIpc) is 2.36. The number of benzene rings is 1. The molecule has 0 amide bonds. The van der Waals surface area contributed by atoms with Gasteiger partial charge in [0.2, 0.25) is 10.0 Å². The van der Waals surface area contributed by atoms with Gasteiger partial charge in [-0.2, -0.15) is 0 Å². The topological polar surface area (TPSA) is 55.4 Å². The van der Waals surface area contributed by atoms with Gasteiger partial charge >= 0.3 is 0 Å². The number of ether oxygens (including phenoxy) is 1. The van der Waals surface area contributed by atoms with Crippen LogP contribution in [-0.4, -0.2) is 21.6 Å². The van der Waals surface area contributed by atoms with Crippen molar-refractivity contribution < 1.29 is 13.2 Å². The molecule has 0 unspecified atom stereocenters. The van der Waals surface area contributed by atoms with E-state index in [1.165, 1.54) is 6.08 Å². The molecule has 0 spiro atoms. The molecule has 5 heteroatoms. The standard InChI is InChI=1S/C14H21NO3S/c1-6-8-15-19(16,17)13-9-10(3)14(18-7-2)12(5)11(13)4/h6,9,15H,1,7-8H2,2-5H3. The lowest BCUT2D eigenvalue weighted by atomic mass is 10.1. The Morgan fingerprint density at radius 3 is 2.47 bits per heavy atom. The van der Waals surface area contributed by atoms with Crippen molar-refractivity contribution in [3.63, 3.8) is 0 Å². The van der Waals surface area contributed by atoms with E-state index in [-0.39, 0.29) is 6.54 Å². The second kappa shape index (κ2) is 6.21. The van der Waals surface area contributed by atoms with Crippen molar-refractivity contribution in [1.82, 2.24) is 4.72 Å². The van der Waals surface area contributed by atoms with Gasteiger partial charge in [0, 0.05) is 6.54 Å². The summed E-state index contributed by atoms with van der Waals surface area (Å²) >= 11 is 0. The fraction of sp³-hybridized carbons (Fsp3) is 0.429. The summed E-state index contributed by atoms with van der Waals surface area (Å²) in [5, 5.41) is 0. The predicted molar refractivity (Wildman–Crippen MR) is 77.2 cm³/mol. The molecule has 0 fully saturated rings. The lowest BCUT2D eigenvalue weighted by Crippen LogP contribution is -2.25. The van der Waals surface area contributed by atoms with Crippen LogP contribution in [0, 0.1) is 20.8 Å². The second-order valence-corrected chi connectivity index (χ2v) is 6.08. The Bertz CT molecular complexity index is 577. The molecule has 0 aliphatic heterocycles. The van der Waals surface area contributed by atoms with Crippen molar-refractivity contribution in [3.8, 4) is 5.75 Å². The van der Waals surface area contributed by atoms with Crippen LogP contribution < -0.4 is 9.46 Å². The molecule has 0 saturated heterocycles. The zero-order valence-electron chi connectivity index (χ0n) is 11.9. The molecular weight excluding hydrogens is 262 g/mol. The van der Waals surface area contributed by atoms with E-state index in [2.05, 4.69) is 11.3 Å². The summed E-state index contributed by atoms with van der Waals surface area (Å²) in [7, 11) is -3.51. The molecular formula is C14H21NO3S. The van der Waals surface area contributed by atoms with Gasteiger partial charge in [0.25, 0.3) is 0 Å². The van der Waals surface area contributed by atoms with Gasteiger partial charge in [-0.3, -0.25) is 0 Å². The summed E-state index contributed by atoms with van der Waals surface area (Å²) in [6.45, 7) is 11.7. The summed E-state index contributed by atoms with van der Waals surface area (Å²) in [6, 6.07) is 1.65. The number of sulfonamides is 1. The van der Waals surface area contributed by atoms with Crippen LogP contribution in [0.4, 0.5) is 0 Å². The Hall–Kier alpha value is -1.33. The molecule has 19 heavy (non-hydrogen) atoms. The molecule has 4 nitrogen and oxygen atoms in total. The highest BCUT2D eigenvalue weighted by molar-refractivity contribution is 7.89. The third-order valence-electron chi connectivity index (χ3n) is 2.97. The van der Waals surface area contributed by atoms with E-state index in [1.54, 1.807) is 13.0 Å². The van der Waals surface area contributed by atoms with Gasteiger partial charge in [-0.15, -0.1) is 6.58 Å². The molecule has 1 aromatic carbocycles. The lowest BCUT2D eigenvalue weighted by Gasteiger charge is -2.17. The maximum atomic E-state index is 12.2. The summed E-state index contributed by atoms with van der Waals surface area (Å²) in [5.74, 6) is 0.766. The molecule has 0 aliphatic carbocycles. The van der Waals surface area contributed by atoms with E-state index in [0.717, 1.165) is 16.9 Å². The molecule has 0 heterocycles. The zero-order valence-corrected chi connectivity index (χ0v) is 12.7. The molecule has 0 radical (unpaired) electrons. The highest BCUT2D eigenvalue weighted by Crippen LogP contribution is 2.31. The number of aryl methyl sites for hydroxylation is 1. The van der Waals surface area contributed by atoms with Crippen molar-refractivity contribution in [3.05, 3.63) is 35.4 Å². The fourth-order valence-electron chi connectivity index (χ4n) is 1.91. The third-order valence-corrected chi connectivity index (χ3v) is 4.52. The summed E-state index contributed by atoms with van der Waals surface area (Å²) < 4.78 is 32.4. The number of hydrogen-bond acceptors (Lipinski definition) is 3. The Morgan fingerprint density at radius 1 is 1.32 bits per heavy atom. The van der Waals surface area contributed by atoms with Crippen LogP contribution in [0.1, 0.15) is 23.6 Å². The first-order valence-electron chi connectivity index (χ1n) is 6.19. The van der Waals surface area contributed by atoms with E-state index >= 15 is 0 Å². The van der Waals surface area contributed by atoms with Crippen LogP contribution in [0.3, 0.4) is 0 Å². The van der Waals surface area contributed by atoms with Crippen LogP contribution in [0.25, 0.3) is 0 Å². The lowest BCUT2D eigenvalue weighted by molar-refractivity contribution is 0.335. The van der Waals surface area contributed by atoms with Crippen molar-refractivity contribution in [2.75, 3.05) is 13.2 Å². The van der Waals surface area contributed by atoms with E-state index in [1.807, 2.05) is 20.8 Å². The molecule has 0 atom stereocenters. The smallest absolute Gasteiger partial charge is 0.241 e. The maximum absolute atomic E-state index is 12.2. The van der Waals surface area contributed by atoms with E-state index in [9.17, 15) is 8.42 Å². The highest BCUT2D eigenvalue weighted by atomic mass is 32.2. The molecule has 0 aromatic heterocycles. The minimum Gasteiger partial charge on any atom is -0.493 e. The van der Waals surface area contributed by atoms with Gasteiger partial charge in [0.1, 0.15) is 5.75 Å². The molecule has 0 saturated carbocycles. The largest absolute Gasteiger partial charge is 0.493 e. The third kappa shape index (κ3) is 3.36. The minimum atomic E-state index is -3.51. The number of nitrogens with one attached hydrogen (secondary N) is 1. The Morgan fingerprint density at radius 2 is 1.95 bits per heavy atom. The molecule has 0 bridgehead atoms. The monoisotopic (exact) mass is 283 g/mol. The quantitative estimate of drug-likeness (QED) is 0.816. The van der Waals surface area contributed by atoms with E-state index in [0.29, 0.717) is 17.1 Å². The molecule has 106 valence electrons. The maximum Gasteiger partial charge on any atom is 0.241 e. The van der Waals surface area contributed by atoms with Gasteiger partial charge in [0.15, 0.2) is 0 Å². The second-order valence-electron chi connectivity index (χ2n) is 4.34. The predicted octanol–water partition coefficient (Wildman–Crippen LogP) is 2.47. The van der Waals surface area contributed by atoms with Crippen LogP contribution in [0.15, 0.2) is 23.6 Å². The van der Waals surface area contributed by atoms with E-state index in [4.69, 9.17) is 4.74 Å². The van der Waals surface area contributed by atoms with Gasteiger partial charge in [-0.1, -0.05) is 6.08 Å². The van der Waals surface area contributed by atoms with Crippen molar-refractivity contribution >= 4 is 10.0 Å². The highest BCUT2D eigenvalue weighted by Gasteiger charge is 2.20. The van der Waals surface area contributed by atoms with Gasteiger partial charge in [0.05, 0.1) is 11.5 Å². The summed E-state index contributed by atoms with van der Waals surface area (Å²) in [6.07, 6.45) is 1.52. The normalized spacial score (nSPS) is 11.4. The van der Waals surface area contributed by atoms with E-state index < -0.39 is 10.0 Å². The molecule has 1 aromatic rings. The first-order valence-corrected chi connectivity index (χ1v) is 7.67.